The highest BCUT2D eigenvalue weighted by molar-refractivity contribution is 7.99. The number of para-hydroxylation sites is 1. The molecule has 1 aromatic carbocycles. The molecule has 1 atom stereocenters. The minimum atomic E-state index is -0.350. The normalized spacial score (nSPS) is 12.0. The van der Waals surface area contributed by atoms with Crippen LogP contribution in [0.5, 0.6) is 5.75 Å². The van der Waals surface area contributed by atoms with Crippen molar-refractivity contribution in [3.63, 3.8) is 0 Å². The van der Waals surface area contributed by atoms with Gasteiger partial charge in [-0.3, -0.25) is 10.1 Å². The van der Waals surface area contributed by atoms with Gasteiger partial charge in [-0.2, -0.15) is 0 Å². The SMILES string of the molecule is CC(Oc1ccccc1Cl)c1nnc(SCC(=O)Nc2nncs2)n1C. The Labute approximate surface area is 162 Å². The standard InChI is InChI=1S/C15H15ClN6O2S2/c1-9(24-11-6-4-3-5-10(11)16)13-19-21-15(22(13)2)25-7-12(23)18-14-20-17-8-26-14/h3-6,8-9H,7H2,1-2H3,(H,18,20,23). The zero-order valence-corrected chi connectivity index (χ0v) is 16.3. The maximum atomic E-state index is 11.9. The maximum Gasteiger partial charge on any atom is 0.236 e. The lowest BCUT2D eigenvalue weighted by Crippen LogP contribution is -2.14. The number of hydrogen-bond donors (Lipinski definition) is 1. The number of carbonyl (C=O) groups excluding carboxylic acids is 1. The van der Waals surface area contributed by atoms with E-state index in [1.54, 1.807) is 22.2 Å². The van der Waals surface area contributed by atoms with Gasteiger partial charge in [0.1, 0.15) is 11.3 Å². The van der Waals surface area contributed by atoms with Crippen molar-refractivity contribution in [2.75, 3.05) is 11.1 Å². The van der Waals surface area contributed by atoms with Crippen LogP contribution >= 0.6 is 34.7 Å². The summed E-state index contributed by atoms with van der Waals surface area (Å²) < 4.78 is 7.66. The number of carbonyl (C=O) groups is 1. The Morgan fingerprint density at radius 1 is 1.38 bits per heavy atom. The highest BCUT2D eigenvalue weighted by Crippen LogP contribution is 2.29. The number of ether oxygens (including phenoxy) is 1. The highest BCUT2D eigenvalue weighted by Gasteiger charge is 2.19. The van der Waals surface area contributed by atoms with Crippen LogP contribution in [0.15, 0.2) is 34.9 Å². The smallest absolute Gasteiger partial charge is 0.236 e. The van der Waals surface area contributed by atoms with Crippen LogP contribution in [0.25, 0.3) is 0 Å². The van der Waals surface area contributed by atoms with Crippen LogP contribution in [0.4, 0.5) is 5.13 Å². The van der Waals surface area contributed by atoms with Crippen molar-refractivity contribution in [2.45, 2.75) is 18.2 Å². The van der Waals surface area contributed by atoms with Crippen LogP contribution in [0, 0.1) is 0 Å². The topological polar surface area (TPSA) is 94.8 Å². The third-order valence-corrected chi connectivity index (χ3v) is 5.25. The number of amides is 1. The number of rotatable bonds is 7. The Hall–Kier alpha value is -2.17. The Bertz CT molecular complexity index is 886. The van der Waals surface area contributed by atoms with Gasteiger partial charge in [0.15, 0.2) is 17.1 Å². The van der Waals surface area contributed by atoms with Gasteiger partial charge in [0, 0.05) is 7.05 Å². The fraction of sp³-hybridized carbons (Fsp3) is 0.267. The molecule has 8 nitrogen and oxygen atoms in total. The minimum absolute atomic E-state index is 0.184. The van der Waals surface area contributed by atoms with Crippen molar-refractivity contribution in [1.29, 1.82) is 0 Å². The van der Waals surface area contributed by atoms with E-state index in [0.29, 0.717) is 26.9 Å². The van der Waals surface area contributed by atoms with Crippen molar-refractivity contribution < 1.29 is 9.53 Å². The van der Waals surface area contributed by atoms with Crippen molar-refractivity contribution in [3.8, 4) is 5.75 Å². The number of aromatic nitrogens is 5. The van der Waals surface area contributed by atoms with Crippen LogP contribution < -0.4 is 10.1 Å². The molecule has 1 N–H and O–H groups in total. The fourth-order valence-electron chi connectivity index (χ4n) is 2.10. The van der Waals surface area contributed by atoms with Crippen molar-refractivity contribution in [2.24, 2.45) is 7.05 Å². The first-order chi connectivity index (χ1) is 12.5. The van der Waals surface area contributed by atoms with Crippen LogP contribution in [0.2, 0.25) is 5.02 Å². The van der Waals surface area contributed by atoms with Crippen molar-refractivity contribution in [3.05, 3.63) is 40.6 Å². The van der Waals surface area contributed by atoms with E-state index in [1.165, 1.54) is 23.1 Å². The Kier molecular flexibility index (Phi) is 6.07. The molecule has 0 aliphatic carbocycles. The van der Waals surface area contributed by atoms with Gasteiger partial charge in [-0.05, 0) is 19.1 Å². The first-order valence-electron chi connectivity index (χ1n) is 7.54. The average molecular weight is 411 g/mol. The third kappa shape index (κ3) is 4.51. The van der Waals surface area contributed by atoms with Gasteiger partial charge in [0.2, 0.25) is 11.0 Å². The number of nitrogens with zero attached hydrogens (tertiary/aromatic N) is 5. The lowest BCUT2D eigenvalue weighted by Gasteiger charge is -2.15. The van der Waals surface area contributed by atoms with Gasteiger partial charge in [-0.15, -0.1) is 20.4 Å². The molecule has 0 fully saturated rings. The minimum Gasteiger partial charge on any atom is -0.481 e. The molecule has 0 aliphatic heterocycles. The van der Waals surface area contributed by atoms with Crippen LogP contribution in [-0.2, 0) is 11.8 Å². The van der Waals surface area contributed by atoms with Crippen LogP contribution in [0.1, 0.15) is 18.9 Å². The summed E-state index contributed by atoms with van der Waals surface area (Å²) in [4.78, 5) is 11.9. The molecule has 2 heterocycles. The molecule has 1 unspecified atom stereocenters. The molecule has 0 spiro atoms. The van der Waals surface area contributed by atoms with E-state index in [-0.39, 0.29) is 17.8 Å². The van der Waals surface area contributed by atoms with Gasteiger partial charge in [0.05, 0.1) is 10.8 Å². The van der Waals surface area contributed by atoms with E-state index in [1.807, 2.05) is 26.1 Å². The second-order valence-corrected chi connectivity index (χ2v) is 7.35. The number of benzene rings is 1. The lowest BCUT2D eigenvalue weighted by molar-refractivity contribution is -0.113. The monoisotopic (exact) mass is 410 g/mol. The van der Waals surface area contributed by atoms with E-state index in [2.05, 4.69) is 25.7 Å². The largest absolute Gasteiger partial charge is 0.481 e. The van der Waals surface area contributed by atoms with Gasteiger partial charge in [-0.25, -0.2) is 0 Å². The summed E-state index contributed by atoms with van der Waals surface area (Å²) in [6, 6.07) is 7.24. The molecule has 0 saturated carbocycles. The molecule has 136 valence electrons. The maximum absolute atomic E-state index is 11.9. The van der Waals surface area contributed by atoms with E-state index in [9.17, 15) is 4.79 Å². The highest BCUT2D eigenvalue weighted by atomic mass is 35.5. The summed E-state index contributed by atoms with van der Waals surface area (Å²) in [6.07, 6.45) is -0.350. The van der Waals surface area contributed by atoms with Crippen LogP contribution in [-0.4, -0.2) is 36.6 Å². The molecule has 0 aliphatic rings. The number of nitrogens with one attached hydrogen (secondary N) is 1. The van der Waals surface area contributed by atoms with E-state index >= 15 is 0 Å². The van der Waals surface area contributed by atoms with Gasteiger partial charge >= 0.3 is 0 Å². The quantitative estimate of drug-likeness (QED) is 0.597. The predicted molar refractivity (Wildman–Crippen MR) is 101 cm³/mol. The average Bonchev–Trinajstić information content (AvgIpc) is 3.25. The second kappa shape index (κ2) is 8.47. The number of anilines is 1. The van der Waals surface area contributed by atoms with Gasteiger partial charge in [0.25, 0.3) is 0 Å². The van der Waals surface area contributed by atoms with E-state index < -0.39 is 0 Å². The second-order valence-electron chi connectivity index (χ2n) is 5.17. The molecule has 0 radical (unpaired) electrons. The number of halogens is 1. The zero-order chi connectivity index (χ0) is 18.5. The first-order valence-corrected chi connectivity index (χ1v) is 9.78. The van der Waals surface area contributed by atoms with Gasteiger partial charge < -0.3 is 9.30 Å². The molecule has 3 rings (SSSR count). The molecule has 2 aromatic heterocycles. The molecule has 0 bridgehead atoms. The summed E-state index contributed by atoms with van der Waals surface area (Å²) in [5.74, 6) is 1.22. The summed E-state index contributed by atoms with van der Waals surface area (Å²) >= 11 is 8.66. The van der Waals surface area contributed by atoms with E-state index in [4.69, 9.17) is 16.3 Å². The molecular formula is C15H15ClN6O2S2. The summed E-state index contributed by atoms with van der Waals surface area (Å²) in [5.41, 5.74) is 1.55. The van der Waals surface area contributed by atoms with Crippen molar-refractivity contribution in [1.82, 2.24) is 25.0 Å². The zero-order valence-electron chi connectivity index (χ0n) is 13.9. The molecule has 11 heteroatoms. The Balaban J connectivity index is 1.60. The van der Waals surface area contributed by atoms with Gasteiger partial charge in [-0.1, -0.05) is 46.8 Å². The predicted octanol–water partition coefficient (Wildman–Crippen LogP) is 3.19. The molecule has 3 aromatic rings. The molecular weight excluding hydrogens is 396 g/mol. The summed E-state index contributed by atoms with van der Waals surface area (Å²) in [6.45, 7) is 1.87. The molecule has 26 heavy (non-hydrogen) atoms. The third-order valence-electron chi connectivity index (χ3n) is 3.31. The molecule has 1 amide bonds. The van der Waals surface area contributed by atoms with E-state index in [0.717, 1.165) is 0 Å². The lowest BCUT2D eigenvalue weighted by atomic mass is 10.3. The van der Waals surface area contributed by atoms with Crippen molar-refractivity contribution >= 4 is 45.7 Å². The summed E-state index contributed by atoms with van der Waals surface area (Å²) in [5, 5.41) is 20.0. The Morgan fingerprint density at radius 3 is 2.92 bits per heavy atom. The Morgan fingerprint density at radius 2 is 2.19 bits per heavy atom. The summed E-state index contributed by atoms with van der Waals surface area (Å²) in [7, 11) is 1.83. The first kappa shape index (κ1) is 18.6. The number of thioether (sulfide) groups is 1. The molecule has 0 saturated heterocycles. The van der Waals surface area contributed by atoms with Crippen LogP contribution in [0.3, 0.4) is 0 Å². The fourth-order valence-corrected chi connectivity index (χ4v) is 3.46. The number of hydrogen-bond acceptors (Lipinski definition) is 8.